The van der Waals surface area contributed by atoms with Gasteiger partial charge >= 0.3 is 0 Å². The molecule has 2 fully saturated rings. The summed E-state index contributed by atoms with van der Waals surface area (Å²) in [4.78, 5) is 4.28. The zero-order chi connectivity index (χ0) is 13.0. The predicted molar refractivity (Wildman–Crippen MR) is 90.2 cm³/mol. The fraction of sp³-hybridized carbons (Fsp3) is 0.929. The van der Waals surface area contributed by atoms with Gasteiger partial charge in [0.25, 0.3) is 0 Å². The summed E-state index contributed by atoms with van der Waals surface area (Å²) in [6.07, 6.45) is 5.40. The third-order valence-corrected chi connectivity index (χ3v) is 3.82. The molecule has 0 radical (unpaired) electrons. The molecule has 1 saturated carbocycles. The van der Waals surface area contributed by atoms with Crippen LogP contribution < -0.4 is 10.6 Å². The van der Waals surface area contributed by atoms with Gasteiger partial charge in [0.05, 0.1) is 6.10 Å². The summed E-state index contributed by atoms with van der Waals surface area (Å²) in [5.74, 6) is 2.15. The van der Waals surface area contributed by atoms with Crippen LogP contribution in [-0.2, 0) is 4.74 Å². The van der Waals surface area contributed by atoms with Crippen molar-refractivity contribution in [3.63, 3.8) is 0 Å². The van der Waals surface area contributed by atoms with Crippen molar-refractivity contribution in [1.82, 2.24) is 10.6 Å². The number of guanidine groups is 1. The second kappa shape index (κ2) is 8.29. The van der Waals surface area contributed by atoms with Crippen LogP contribution in [0, 0.1) is 11.8 Å². The van der Waals surface area contributed by atoms with Gasteiger partial charge in [0.2, 0.25) is 0 Å². The van der Waals surface area contributed by atoms with E-state index in [9.17, 15) is 0 Å². The minimum atomic E-state index is 0. The summed E-state index contributed by atoms with van der Waals surface area (Å²) in [5, 5.41) is 6.88. The molecular formula is C14H28IN3O. The SMILES string of the molecule is CN=C(NCC1CCCOC1C(C)C)NC1CC1.I. The third kappa shape index (κ3) is 5.45. The molecule has 5 heteroatoms. The van der Waals surface area contributed by atoms with Crippen molar-refractivity contribution in [1.29, 1.82) is 0 Å². The number of rotatable bonds is 4. The molecule has 0 aromatic carbocycles. The lowest BCUT2D eigenvalue weighted by atomic mass is 9.87. The highest BCUT2D eigenvalue weighted by molar-refractivity contribution is 14.0. The Morgan fingerprint density at radius 1 is 1.32 bits per heavy atom. The third-order valence-electron chi connectivity index (χ3n) is 3.82. The van der Waals surface area contributed by atoms with Crippen LogP contribution in [0.15, 0.2) is 4.99 Å². The average Bonchev–Trinajstić information content (AvgIpc) is 3.18. The molecule has 1 aliphatic heterocycles. The fourth-order valence-electron chi connectivity index (χ4n) is 2.66. The number of nitrogens with zero attached hydrogens (tertiary/aromatic N) is 1. The summed E-state index contributed by atoms with van der Waals surface area (Å²) in [6.45, 7) is 6.39. The van der Waals surface area contributed by atoms with Gasteiger partial charge in [-0.15, -0.1) is 24.0 Å². The Kier molecular flexibility index (Phi) is 7.42. The lowest BCUT2D eigenvalue weighted by molar-refractivity contribution is -0.0505. The smallest absolute Gasteiger partial charge is 0.191 e. The summed E-state index contributed by atoms with van der Waals surface area (Å²) in [5.41, 5.74) is 0. The average molecular weight is 381 g/mol. The maximum Gasteiger partial charge on any atom is 0.191 e. The van der Waals surface area contributed by atoms with Crippen LogP contribution in [0.25, 0.3) is 0 Å². The van der Waals surface area contributed by atoms with E-state index in [0.29, 0.717) is 24.0 Å². The number of hydrogen-bond acceptors (Lipinski definition) is 2. The summed E-state index contributed by atoms with van der Waals surface area (Å²) < 4.78 is 5.91. The van der Waals surface area contributed by atoms with E-state index < -0.39 is 0 Å². The Hall–Kier alpha value is -0.0400. The summed E-state index contributed by atoms with van der Waals surface area (Å²) in [7, 11) is 1.84. The van der Waals surface area contributed by atoms with E-state index in [4.69, 9.17) is 4.74 Å². The van der Waals surface area contributed by atoms with E-state index in [1.807, 2.05) is 7.05 Å². The van der Waals surface area contributed by atoms with Crippen LogP contribution in [0.2, 0.25) is 0 Å². The molecule has 1 heterocycles. The maximum absolute atomic E-state index is 5.91. The molecule has 0 spiro atoms. The number of nitrogens with one attached hydrogen (secondary N) is 2. The van der Waals surface area contributed by atoms with Crippen LogP contribution >= 0.6 is 24.0 Å². The number of ether oxygens (including phenoxy) is 1. The van der Waals surface area contributed by atoms with E-state index in [1.54, 1.807) is 0 Å². The topological polar surface area (TPSA) is 45.7 Å². The second-order valence-corrected chi connectivity index (χ2v) is 5.85. The van der Waals surface area contributed by atoms with Crippen molar-refractivity contribution < 1.29 is 4.74 Å². The molecule has 0 aromatic rings. The van der Waals surface area contributed by atoms with Crippen LogP contribution in [-0.4, -0.2) is 38.3 Å². The lowest BCUT2D eigenvalue weighted by Gasteiger charge is -2.34. The zero-order valence-corrected chi connectivity index (χ0v) is 14.6. The monoisotopic (exact) mass is 381 g/mol. The molecule has 112 valence electrons. The minimum absolute atomic E-state index is 0. The van der Waals surface area contributed by atoms with Gasteiger partial charge in [-0.1, -0.05) is 13.8 Å². The minimum Gasteiger partial charge on any atom is -0.378 e. The molecular weight excluding hydrogens is 353 g/mol. The van der Waals surface area contributed by atoms with E-state index in [1.165, 1.54) is 25.7 Å². The second-order valence-electron chi connectivity index (χ2n) is 5.85. The molecule has 19 heavy (non-hydrogen) atoms. The first-order chi connectivity index (χ1) is 8.70. The van der Waals surface area contributed by atoms with Crippen molar-refractivity contribution in [2.75, 3.05) is 20.2 Å². The first kappa shape index (κ1) is 17.0. The normalized spacial score (nSPS) is 27.9. The van der Waals surface area contributed by atoms with E-state index >= 15 is 0 Å². The molecule has 0 aromatic heterocycles. The highest BCUT2D eigenvalue weighted by atomic mass is 127. The molecule has 2 rings (SSSR count). The molecule has 2 aliphatic rings. The van der Waals surface area contributed by atoms with Gasteiger partial charge < -0.3 is 15.4 Å². The van der Waals surface area contributed by atoms with Crippen LogP contribution in [0.3, 0.4) is 0 Å². The number of hydrogen-bond donors (Lipinski definition) is 2. The summed E-state index contributed by atoms with van der Waals surface area (Å²) >= 11 is 0. The molecule has 1 aliphatic carbocycles. The van der Waals surface area contributed by atoms with Crippen LogP contribution in [0.4, 0.5) is 0 Å². The van der Waals surface area contributed by atoms with Gasteiger partial charge in [-0.25, -0.2) is 0 Å². The Morgan fingerprint density at radius 3 is 2.63 bits per heavy atom. The Morgan fingerprint density at radius 2 is 2.05 bits per heavy atom. The van der Waals surface area contributed by atoms with Gasteiger partial charge in [0.15, 0.2) is 5.96 Å². The number of aliphatic imine (C=N–C) groups is 1. The maximum atomic E-state index is 5.91. The van der Waals surface area contributed by atoms with Gasteiger partial charge in [-0.05, 0) is 31.6 Å². The van der Waals surface area contributed by atoms with Gasteiger partial charge in [-0.2, -0.15) is 0 Å². The fourth-order valence-corrected chi connectivity index (χ4v) is 2.66. The quantitative estimate of drug-likeness (QED) is 0.447. The van der Waals surface area contributed by atoms with E-state index in [2.05, 4.69) is 29.5 Å². The van der Waals surface area contributed by atoms with Crippen molar-refractivity contribution in [2.45, 2.75) is 51.7 Å². The Labute approximate surface area is 134 Å². The molecule has 4 nitrogen and oxygen atoms in total. The molecule has 1 saturated heterocycles. The van der Waals surface area contributed by atoms with Crippen molar-refractivity contribution >= 4 is 29.9 Å². The van der Waals surface area contributed by atoms with Gasteiger partial charge in [0, 0.05) is 32.2 Å². The standard InChI is InChI=1S/C14H27N3O.HI/c1-10(2)13-11(5-4-8-18-13)9-16-14(15-3)17-12-6-7-12;/h10-13H,4-9H2,1-3H3,(H2,15,16,17);1H. The van der Waals surface area contributed by atoms with Crippen molar-refractivity contribution in [3.8, 4) is 0 Å². The molecule has 0 bridgehead atoms. The zero-order valence-electron chi connectivity index (χ0n) is 12.3. The van der Waals surface area contributed by atoms with Crippen molar-refractivity contribution in [3.05, 3.63) is 0 Å². The Bertz CT molecular complexity index is 292. The van der Waals surface area contributed by atoms with Crippen LogP contribution in [0.1, 0.15) is 39.5 Å². The summed E-state index contributed by atoms with van der Waals surface area (Å²) in [6, 6.07) is 0.653. The molecule has 2 atom stereocenters. The molecule has 0 amide bonds. The molecule has 2 N–H and O–H groups in total. The number of halogens is 1. The van der Waals surface area contributed by atoms with Gasteiger partial charge in [-0.3, -0.25) is 4.99 Å². The van der Waals surface area contributed by atoms with Crippen LogP contribution in [0.5, 0.6) is 0 Å². The Balaban J connectivity index is 0.00000180. The van der Waals surface area contributed by atoms with Gasteiger partial charge in [0.1, 0.15) is 0 Å². The largest absolute Gasteiger partial charge is 0.378 e. The van der Waals surface area contributed by atoms with E-state index in [-0.39, 0.29) is 24.0 Å². The van der Waals surface area contributed by atoms with Crippen molar-refractivity contribution in [2.24, 2.45) is 16.8 Å². The predicted octanol–water partition coefficient (Wildman–Crippen LogP) is 2.38. The first-order valence-electron chi connectivity index (χ1n) is 7.29. The first-order valence-corrected chi connectivity index (χ1v) is 7.29. The highest BCUT2D eigenvalue weighted by Gasteiger charge is 2.29. The van der Waals surface area contributed by atoms with E-state index in [0.717, 1.165) is 19.1 Å². The highest BCUT2D eigenvalue weighted by Crippen LogP contribution is 2.25. The molecule has 2 unspecified atom stereocenters. The lowest BCUT2D eigenvalue weighted by Crippen LogP contribution is -2.45.